The Labute approximate surface area is 137 Å². The SMILES string of the molecule is CCOc1ccc(Nc2c(F)c(C#N)c(C#N)c(F)c2OC)cc1. The van der Waals surface area contributed by atoms with Crippen LogP contribution in [0.2, 0.25) is 0 Å². The van der Waals surface area contributed by atoms with Crippen LogP contribution in [0.25, 0.3) is 0 Å². The van der Waals surface area contributed by atoms with Crippen molar-refractivity contribution in [1.29, 1.82) is 10.5 Å². The summed E-state index contributed by atoms with van der Waals surface area (Å²) in [5.74, 6) is -2.00. The lowest BCUT2D eigenvalue weighted by molar-refractivity contribution is 0.340. The van der Waals surface area contributed by atoms with Gasteiger partial charge in [-0.2, -0.15) is 10.5 Å². The molecule has 0 amide bonds. The zero-order valence-electron chi connectivity index (χ0n) is 13.0. The van der Waals surface area contributed by atoms with E-state index in [4.69, 9.17) is 20.0 Å². The Morgan fingerprint density at radius 3 is 2.12 bits per heavy atom. The molecule has 2 aromatic carbocycles. The van der Waals surface area contributed by atoms with Gasteiger partial charge in [0.2, 0.25) is 0 Å². The van der Waals surface area contributed by atoms with Gasteiger partial charge in [-0.05, 0) is 31.2 Å². The van der Waals surface area contributed by atoms with E-state index in [9.17, 15) is 8.78 Å². The average molecular weight is 329 g/mol. The number of anilines is 2. The van der Waals surface area contributed by atoms with Crippen LogP contribution >= 0.6 is 0 Å². The highest BCUT2D eigenvalue weighted by molar-refractivity contribution is 5.72. The normalized spacial score (nSPS) is 9.75. The van der Waals surface area contributed by atoms with Crippen molar-refractivity contribution in [3.8, 4) is 23.6 Å². The third-order valence-corrected chi connectivity index (χ3v) is 3.20. The summed E-state index contributed by atoms with van der Waals surface area (Å²) in [5.41, 5.74) is -1.29. The summed E-state index contributed by atoms with van der Waals surface area (Å²) in [6, 6.07) is 9.50. The minimum absolute atomic E-state index is 0.352. The highest BCUT2D eigenvalue weighted by Gasteiger charge is 2.25. The topological polar surface area (TPSA) is 78.1 Å². The third-order valence-electron chi connectivity index (χ3n) is 3.20. The summed E-state index contributed by atoms with van der Waals surface area (Å²) in [7, 11) is 1.15. The summed E-state index contributed by atoms with van der Waals surface area (Å²) in [6.45, 7) is 2.34. The number of nitriles is 2. The van der Waals surface area contributed by atoms with Crippen LogP contribution < -0.4 is 14.8 Å². The number of hydrogen-bond donors (Lipinski definition) is 1. The molecule has 0 fully saturated rings. The molecule has 0 aliphatic rings. The van der Waals surface area contributed by atoms with Crippen molar-refractivity contribution in [3.63, 3.8) is 0 Å². The Bertz CT molecular complexity index is 833. The second-order valence-electron chi connectivity index (χ2n) is 4.59. The molecule has 0 atom stereocenters. The summed E-state index contributed by atoms with van der Waals surface area (Å²) in [4.78, 5) is 0. The van der Waals surface area contributed by atoms with Gasteiger partial charge in [-0.15, -0.1) is 0 Å². The number of hydrogen-bond acceptors (Lipinski definition) is 5. The van der Waals surface area contributed by atoms with Crippen molar-refractivity contribution < 1.29 is 18.3 Å². The largest absolute Gasteiger partial charge is 0.494 e. The minimum atomic E-state index is -1.09. The molecule has 0 bridgehead atoms. The van der Waals surface area contributed by atoms with Gasteiger partial charge in [0.25, 0.3) is 0 Å². The molecule has 0 unspecified atom stereocenters. The quantitative estimate of drug-likeness (QED) is 0.901. The standard InChI is InChI=1S/C17H13F2N3O2/c1-3-24-11-6-4-10(5-7-11)22-16-14(18)12(8-20)13(9-21)15(19)17(16)23-2/h4-7,22H,3H2,1-2H3. The fourth-order valence-corrected chi connectivity index (χ4v) is 2.13. The van der Waals surface area contributed by atoms with Crippen LogP contribution in [0.5, 0.6) is 11.5 Å². The molecule has 2 aromatic rings. The van der Waals surface area contributed by atoms with E-state index in [1.807, 2.05) is 6.92 Å². The Hall–Kier alpha value is -3.32. The Balaban J connectivity index is 2.52. The molecule has 122 valence electrons. The molecular formula is C17H13F2N3O2. The molecule has 0 aromatic heterocycles. The van der Waals surface area contributed by atoms with E-state index >= 15 is 0 Å². The minimum Gasteiger partial charge on any atom is -0.494 e. The smallest absolute Gasteiger partial charge is 0.186 e. The number of ether oxygens (including phenoxy) is 2. The molecule has 5 nitrogen and oxygen atoms in total. The van der Waals surface area contributed by atoms with Gasteiger partial charge in [-0.1, -0.05) is 0 Å². The summed E-state index contributed by atoms with van der Waals surface area (Å²) < 4.78 is 39.0. The number of benzene rings is 2. The van der Waals surface area contributed by atoms with Gasteiger partial charge in [0.15, 0.2) is 17.4 Å². The van der Waals surface area contributed by atoms with Crippen molar-refractivity contribution in [3.05, 3.63) is 47.0 Å². The fraction of sp³-hybridized carbons (Fsp3) is 0.176. The molecule has 24 heavy (non-hydrogen) atoms. The lowest BCUT2D eigenvalue weighted by Gasteiger charge is -2.15. The van der Waals surface area contributed by atoms with Crippen LogP contribution in [-0.2, 0) is 0 Å². The maximum absolute atomic E-state index is 14.5. The summed E-state index contributed by atoms with van der Waals surface area (Å²) >= 11 is 0. The Morgan fingerprint density at radius 1 is 1.04 bits per heavy atom. The molecule has 0 heterocycles. The van der Waals surface area contributed by atoms with Crippen LogP contribution in [0, 0.1) is 34.3 Å². The maximum atomic E-state index is 14.5. The second-order valence-corrected chi connectivity index (χ2v) is 4.59. The van der Waals surface area contributed by atoms with Crippen molar-refractivity contribution in [2.24, 2.45) is 0 Å². The van der Waals surface area contributed by atoms with Gasteiger partial charge < -0.3 is 14.8 Å². The van der Waals surface area contributed by atoms with Crippen LogP contribution in [0.15, 0.2) is 24.3 Å². The van der Waals surface area contributed by atoms with E-state index in [1.165, 1.54) is 12.1 Å². The molecule has 0 radical (unpaired) electrons. The van der Waals surface area contributed by atoms with E-state index in [1.54, 1.807) is 24.3 Å². The number of nitrogens with zero attached hydrogens (tertiary/aromatic N) is 2. The first-order valence-corrected chi connectivity index (χ1v) is 6.96. The summed E-state index contributed by atoms with van der Waals surface area (Å²) in [6.07, 6.45) is 0. The molecular weight excluding hydrogens is 316 g/mol. The molecule has 2 rings (SSSR count). The highest BCUT2D eigenvalue weighted by atomic mass is 19.1. The predicted octanol–water partition coefficient (Wildman–Crippen LogP) is 3.86. The second kappa shape index (κ2) is 7.30. The lowest BCUT2D eigenvalue weighted by Crippen LogP contribution is -2.06. The van der Waals surface area contributed by atoms with Crippen molar-refractivity contribution in [2.75, 3.05) is 19.0 Å². The predicted molar refractivity (Wildman–Crippen MR) is 83.2 cm³/mol. The molecule has 1 N–H and O–H groups in total. The first-order chi connectivity index (χ1) is 11.6. The number of rotatable bonds is 5. The number of halogens is 2. The van der Waals surface area contributed by atoms with Crippen molar-refractivity contribution in [1.82, 2.24) is 0 Å². The van der Waals surface area contributed by atoms with Crippen LogP contribution in [0.4, 0.5) is 20.2 Å². The Morgan fingerprint density at radius 2 is 1.62 bits per heavy atom. The van der Waals surface area contributed by atoms with Crippen LogP contribution in [-0.4, -0.2) is 13.7 Å². The van der Waals surface area contributed by atoms with Gasteiger partial charge in [-0.3, -0.25) is 0 Å². The van der Waals surface area contributed by atoms with Crippen molar-refractivity contribution in [2.45, 2.75) is 6.92 Å². The maximum Gasteiger partial charge on any atom is 0.186 e. The molecule has 0 aliphatic heterocycles. The van der Waals surface area contributed by atoms with Gasteiger partial charge >= 0.3 is 0 Å². The number of nitrogens with one attached hydrogen (secondary N) is 1. The lowest BCUT2D eigenvalue weighted by atomic mass is 10.1. The highest BCUT2D eigenvalue weighted by Crippen LogP contribution is 2.37. The van der Waals surface area contributed by atoms with E-state index < -0.39 is 28.5 Å². The van der Waals surface area contributed by atoms with E-state index in [2.05, 4.69) is 5.32 Å². The first kappa shape index (κ1) is 17.0. The monoisotopic (exact) mass is 329 g/mol. The number of methoxy groups -OCH3 is 1. The summed E-state index contributed by atoms with van der Waals surface area (Å²) in [5, 5.41) is 20.6. The fourth-order valence-electron chi connectivity index (χ4n) is 2.13. The molecule has 0 saturated carbocycles. The molecule has 0 aliphatic carbocycles. The van der Waals surface area contributed by atoms with Gasteiger partial charge in [0.05, 0.1) is 13.7 Å². The van der Waals surface area contributed by atoms with Crippen molar-refractivity contribution >= 4 is 11.4 Å². The zero-order valence-corrected chi connectivity index (χ0v) is 13.0. The molecule has 7 heteroatoms. The molecule has 0 spiro atoms. The van der Waals surface area contributed by atoms with Gasteiger partial charge in [0, 0.05) is 5.69 Å². The average Bonchev–Trinajstić information content (AvgIpc) is 2.59. The Kier molecular flexibility index (Phi) is 5.18. The van der Waals surface area contributed by atoms with Gasteiger partial charge in [-0.25, -0.2) is 8.78 Å². The van der Waals surface area contributed by atoms with E-state index in [-0.39, 0.29) is 5.69 Å². The van der Waals surface area contributed by atoms with Crippen LogP contribution in [0.3, 0.4) is 0 Å². The van der Waals surface area contributed by atoms with Gasteiger partial charge in [0.1, 0.15) is 34.7 Å². The molecule has 0 saturated heterocycles. The zero-order chi connectivity index (χ0) is 17.7. The van der Waals surface area contributed by atoms with E-state index in [0.717, 1.165) is 7.11 Å². The first-order valence-electron chi connectivity index (χ1n) is 6.96. The van der Waals surface area contributed by atoms with E-state index in [0.29, 0.717) is 18.0 Å². The third kappa shape index (κ3) is 3.06. The van der Waals surface area contributed by atoms with Crippen LogP contribution in [0.1, 0.15) is 18.1 Å².